The molecular weight excluding hydrogens is 363 g/mol. The molecule has 0 unspecified atom stereocenters. The monoisotopic (exact) mass is 376 g/mol. The normalized spacial score (nSPS) is 10.5. The van der Waals surface area contributed by atoms with Crippen molar-refractivity contribution in [3.63, 3.8) is 0 Å². The van der Waals surface area contributed by atoms with Gasteiger partial charge in [-0.3, -0.25) is 20.4 Å². The van der Waals surface area contributed by atoms with Crippen molar-refractivity contribution >= 4 is 33.8 Å². The molecule has 0 radical (unpaired) electrons. The smallest absolute Gasteiger partial charge is 0.262 e. The van der Waals surface area contributed by atoms with Gasteiger partial charge in [0.1, 0.15) is 5.82 Å². The second kappa shape index (κ2) is 8.24. The number of nitrogens with one attached hydrogen (secondary N) is 2. The Morgan fingerprint density at radius 1 is 1.09 bits per heavy atom. The maximum absolute atomic E-state index is 12.8. The van der Waals surface area contributed by atoms with E-state index in [1.807, 2.05) is 24.3 Å². The van der Waals surface area contributed by atoms with Crippen LogP contribution in [0.1, 0.15) is 11.1 Å². The van der Waals surface area contributed by atoms with E-state index in [-0.39, 0.29) is 18.1 Å². The van der Waals surface area contributed by atoms with Gasteiger partial charge in [0.05, 0.1) is 6.42 Å². The van der Waals surface area contributed by atoms with Gasteiger partial charge in [-0.05, 0) is 41.5 Å². The molecule has 4 nitrogen and oxygen atoms in total. The fourth-order valence-electron chi connectivity index (χ4n) is 1.79. The Labute approximate surface area is 141 Å². The molecular formula is C17H14BrFN2O2. The van der Waals surface area contributed by atoms with Gasteiger partial charge in [-0.1, -0.05) is 40.2 Å². The molecule has 0 saturated heterocycles. The van der Waals surface area contributed by atoms with Crippen LogP contribution in [0.25, 0.3) is 6.08 Å². The van der Waals surface area contributed by atoms with E-state index in [0.717, 1.165) is 10.0 Å². The average molecular weight is 377 g/mol. The van der Waals surface area contributed by atoms with Gasteiger partial charge in [-0.2, -0.15) is 0 Å². The number of amides is 2. The first kappa shape index (κ1) is 16.9. The molecule has 2 rings (SSSR count). The molecule has 0 fully saturated rings. The number of benzene rings is 2. The SMILES string of the molecule is O=C(/C=C/c1cccc(Br)c1)NNC(=O)Cc1ccc(F)cc1. The van der Waals surface area contributed by atoms with Crippen LogP contribution in [-0.4, -0.2) is 11.8 Å². The number of halogens is 2. The molecule has 23 heavy (non-hydrogen) atoms. The Bertz CT molecular complexity index is 730. The molecule has 0 aliphatic rings. The molecule has 2 amide bonds. The van der Waals surface area contributed by atoms with E-state index in [1.54, 1.807) is 6.08 Å². The number of hydrogen-bond acceptors (Lipinski definition) is 2. The van der Waals surface area contributed by atoms with E-state index in [0.29, 0.717) is 5.56 Å². The molecule has 0 atom stereocenters. The number of hydrogen-bond donors (Lipinski definition) is 2. The third kappa shape index (κ3) is 6.04. The van der Waals surface area contributed by atoms with Gasteiger partial charge >= 0.3 is 0 Å². The lowest BCUT2D eigenvalue weighted by molar-refractivity contribution is -0.126. The highest BCUT2D eigenvalue weighted by molar-refractivity contribution is 9.10. The molecule has 2 aromatic rings. The molecule has 0 spiro atoms. The summed E-state index contributed by atoms with van der Waals surface area (Å²) in [5.41, 5.74) is 6.10. The first-order chi connectivity index (χ1) is 11.0. The lowest BCUT2D eigenvalue weighted by Gasteiger charge is -2.05. The third-order valence-electron chi connectivity index (χ3n) is 2.88. The van der Waals surface area contributed by atoms with E-state index < -0.39 is 5.91 Å². The summed E-state index contributed by atoms with van der Waals surface area (Å²) in [5.74, 6) is -1.20. The minimum atomic E-state index is -0.447. The first-order valence-corrected chi connectivity index (χ1v) is 7.59. The van der Waals surface area contributed by atoms with E-state index in [1.165, 1.54) is 30.3 Å². The van der Waals surface area contributed by atoms with Crippen LogP contribution in [0.3, 0.4) is 0 Å². The van der Waals surface area contributed by atoms with Crippen molar-refractivity contribution in [3.05, 3.63) is 76.0 Å². The van der Waals surface area contributed by atoms with Crippen LogP contribution in [0, 0.1) is 5.82 Å². The highest BCUT2D eigenvalue weighted by Crippen LogP contribution is 2.12. The first-order valence-electron chi connectivity index (χ1n) is 6.80. The van der Waals surface area contributed by atoms with E-state index >= 15 is 0 Å². The number of carbonyl (C=O) groups excluding carboxylic acids is 2. The van der Waals surface area contributed by atoms with Crippen LogP contribution < -0.4 is 10.9 Å². The summed E-state index contributed by atoms with van der Waals surface area (Å²) < 4.78 is 13.7. The van der Waals surface area contributed by atoms with Crippen LogP contribution in [0.2, 0.25) is 0 Å². The highest BCUT2D eigenvalue weighted by atomic mass is 79.9. The number of rotatable bonds is 4. The van der Waals surface area contributed by atoms with E-state index in [9.17, 15) is 14.0 Å². The Kier molecular flexibility index (Phi) is 6.05. The molecule has 0 aliphatic heterocycles. The Hall–Kier alpha value is -2.47. The summed E-state index contributed by atoms with van der Waals surface area (Å²) in [6.45, 7) is 0. The Morgan fingerprint density at radius 2 is 1.83 bits per heavy atom. The van der Waals surface area contributed by atoms with Crippen LogP contribution in [0.15, 0.2) is 59.1 Å². The second-order valence-electron chi connectivity index (χ2n) is 4.73. The minimum Gasteiger partial charge on any atom is -0.273 e. The van der Waals surface area contributed by atoms with Crippen molar-refractivity contribution in [1.29, 1.82) is 0 Å². The minimum absolute atomic E-state index is 0.0515. The molecule has 0 aromatic heterocycles. The average Bonchev–Trinajstić information content (AvgIpc) is 2.53. The summed E-state index contributed by atoms with van der Waals surface area (Å²) in [7, 11) is 0. The number of hydrazine groups is 1. The summed E-state index contributed by atoms with van der Waals surface area (Å²) in [4.78, 5) is 23.3. The van der Waals surface area contributed by atoms with Gasteiger partial charge in [-0.15, -0.1) is 0 Å². The molecule has 2 aromatic carbocycles. The standard InChI is InChI=1S/C17H14BrFN2O2/c18-14-3-1-2-12(10-14)6-9-16(22)20-21-17(23)11-13-4-7-15(19)8-5-13/h1-10H,11H2,(H,20,22)(H,21,23)/b9-6+. The van der Waals surface area contributed by atoms with Crippen LogP contribution in [0.5, 0.6) is 0 Å². The van der Waals surface area contributed by atoms with Crippen LogP contribution >= 0.6 is 15.9 Å². The van der Waals surface area contributed by atoms with Crippen LogP contribution in [0.4, 0.5) is 4.39 Å². The summed E-state index contributed by atoms with van der Waals surface area (Å²) in [6, 6.07) is 13.0. The van der Waals surface area contributed by atoms with Gasteiger partial charge in [0.25, 0.3) is 5.91 Å². The molecule has 118 valence electrons. The maximum Gasteiger partial charge on any atom is 0.262 e. The summed E-state index contributed by atoms with van der Waals surface area (Å²) in [6.07, 6.45) is 3.00. The predicted octanol–water partition coefficient (Wildman–Crippen LogP) is 2.99. The zero-order valence-corrected chi connectivity index (χ0v) is 13.6. The Balaban J connectivity index is 1.79. The summed E-state index contributed by atoms with van der Waals surface area (Å²) in [5, 5.41) is 0. The lowest BCUT2D eigenvalue weighted by Crippen LogP contribution is -2.41. The van der Waals surface area contributed by atoms with E-state index in [4.69, 9.17) is 0 Å². The zero-order valence-electron chi connectivity index (χ0n) is 12.1. The quantitative estimate of drug-likeness (QED) is 0.636. The van der Waals surface area contributed by atoms with Crippen molar-refractivity contribution in [1.82, 2.24) is 10.9 Å². The van der Waals surface area contributed by atoms with Crippen molar-refractivity contribution in [3.8, 4) is 0 Å². The molecule has 0 bridgehead atoms. The third-order valence-corrected chi connectivity index (χ3v) is 3.37. The highest BCUT2D eigenvalue weighted by Gasteiger charge is 2.04. The van der Waals surface area contributed by atoms with Crippen molar-refractivity contribution in [2.45, 2.75) is 6.42 Å². The van der Waals surface area contributed by atoms with Crippen LogP contribution in [-0.2, 0) is 16.0 Å². The van der Waals surface area contributed by atoms with Crippen molar-refractivity contribution in [2.75, 3.05) is 0 Å². The Morgan fingerprint density at radius 3 is 2.52 bits per heavy atom. The summed E-state index contributed by atoms with van der Waals surface area (Å²) >= 11 is 3.34. The van der Waals surface area contributed by atoms with Crippen molar-refractivity contribution in [2.24, 2.45) is 0 Å². The molecule has 0 aliphatic carbocycles. The topological polar surface area (TPSA) is 58.2 Å². The predicted molar refractivity (Wildman–Crippen MR) is 89.6 cm³/mol. The largest absolute Gasteiger partial charge is 0.273 e. The number of carbonyl (C=O) groups is 2. The van der Waals surface area contributed by atoms with Gasteiger partial charge in [0.2, 0.25) is 5.91 Å². The zero-order chi connectivity index (χ0) is 16.7. The fourth-order valence-corrected chi connectivity index (χ4v) is 2.20. The van der Waals surface area contributed by atoms with Gasteiger partial charge in [0, 0.05) is 10.5 Å². The van der Waals surface area contributed by atoms with E-state index in [2.05, 4.69) is 26.8 Å². The molecule has 0 saturated carbocycles. The van der Waals surface area contributed by atoms with Gasteiger partial charge < -0.3 is 0 Å². The van der Waals surface area contributed by atoms with Gasteiger partial charge in [-0.25, -0.2) is 4.39 Å². The lowest BCUT2D eigenvalue weighted by atomic mass is 10.1. The molecule has 2 N–H and O–H groups in total. The molecule has 6 heteroatoms. The van der Waals surface area contributed by atoms with Gasteiger partial charge in [0.15, 0.2) is 0 Å². The van der Waals surface area contributed by atoms with Crippen molar-refractivity contribution < 1.29 is 14.0 Å². The fraction of sp³-hybridized carbons (Fsp3) is 0.0588. The second-order valence-corrected chi connectivity index (χ2v) is 5.64. The maximum atomic E-state index is 12.8. The molecule has 0 heterocycles.